The molecule has 4 nitrogen and oxygen atoms in total. The van der Waals surface area contributed by atoms with Crippen LogP contribution in [0, 0.1) is 0 Å². The lowest BCUT2D eigenvalue weighted by Gasteiger charge is -2.10. The first kappa shape index (κ1) is 20.7. The van der Waals surface area contributed by atoms with Crippen molar-refractivity contribution in [2.75, 3.05) is 6.54 Å². The van der Waals surface area contributed by atoms with Gasteiger partial charge in [0.15, 0.2) is 0 Å². The Morgan fingerprint density at radius 3 is 2.63 bits per heavy atom. The first-order valence-corrected chi connectivity index (χ1v) is 11.9. The molecule has 0 N–H and O–H groups in total. The zero-order valence-corrected chi connectivity index (χ0v) is 18.6. The van der Waals surface area contributed by atoms with Gasteiger partial charge in [-0.05, 0) is 66.3 Å². The minimum Gasteiger partial charge on any atom is -0.347 e. The van der Waals surface area contributed by atoms with E-state index in [4.69, 9.17) is 0 Å². The standard InChI is InChI=1S/C25H30N4S/c1-2-3-4-5-8-20-11-13-21(14-12-20)24-10-7-18-29(24)17-6-9-22-15-16-25(30-22)23-19-26-28-27-23/h7,10-16,18H,2-6,8-9,17,19H2,1H3. The van der Waals surface area contributed by atoms with E-state index in [0.717, 1.165) is 25.1 Å². The molecule has 0 saturated heterocycles. The second-order valence-corrected chi connectivity index (χ2v) is 9.07. The van der Waals surface area contributed by atoms with Gasteiger partial charge in [0.25, 0.3) is 0 Å². The van der Waals surface area contributed by atoms with E-state index in [0.29, 0.717) is 6.54 Å². The smallest absolute Gasteiger partial charge is 0.108 e. The van der Waals surface area contributed by atoms with E-state index in [9.17, 15) is 0 Å². The summed E-state index contributed by atoms with van der Waals surface area (Å²) in [6.45, 7) is 3.91. The first-order valence-electron chi connectivity index (χ1n) is 11.1. The summed E-state index contributed by atoms with van der Waals surface area (Å²) in [5.41, 5.74) is 5.06. The third-order valence-corrected chi connectivity index (χ3v) is 6.81. The molecule has 4 rings (SSSR count). The van der Waals surface area contributed by atoms with Crippen LogP contribution >= 0.6 is 11.3 Å². The van der Waals surface area contributed by atoms with Gasteiger partial charge in [0.1, 0.15) is 12.3 Å². The number of rotatable bonds is 11. The third kappa shape index (κ3) is 5.33. The molecule has 0 fully saturated rings. The van der Waals surface area contributed by atoms with Crippen LogP contribution in [0.15, 0.2) is 70.2 Å². The van der Waals surface area contributed by atoms with Crippen LogP contribution in [0.4, 0.5) is 0 Å². The molecule has 1 aliphatic heterocycles. The minimum absolute atomic E-state index is 0.615. The Morgan fingerprint density at radius 1 is 0.933 bits per heavy atom. The highest BCUT2D eigenvalue weighted by Crippen LogP contribution is 2.24. The molecule has 2 aromatic heterocycles. The van der Waals surface area contributed by atoms with Crippen LogP contribution in [0.5, 0.6) is 0 Å². The maximum Gasteiger partial charge on any atom is 0.108 e. The summed E-state index contributed by atoms with van der Waals surface area (Å²) < 4.78 is 2.38. The third-order valence-electron chi connectivity index (χ3n) is 5.62. The molecule has 5 heteroatoms. The van der Waals surface area contributed by atoms with Crippen molar-refractivity contribution in [2.45, 2.75) is 58.4 Å². The number of aromatic nitrogens is 1. The molecule has 0 saturated carbocycles. The molecule has 0 amide bonds. The maximum atomic E-state index is 4.10. The van der Waals surface area contributed by atoms with Crippen molar-refractivity contribution in [1.82, 2.24) is 4.57 Å². The monoisotopic (exact) mass is 418 g/mol. The van der Waals surface area contributed by atoms with Crippen LogP contribution < -0.4 is 0 Å². The molecular weight excluding hydrogens is 388 g/mol. The second kappa shape index (κ2) is 10.5. The Kier molecular flexibility index (Phi) is 7.25. The normalized spacial score (nSPS) is 13.2. The van der Waals surface area contributed by atoms with E-state index in [1.165, 1.54) is 58.7 Å². The van der Waals surface area contributed by atoms with E-state index >= 15 is 0 Å². The Balaban J connectivity index is 1.30. The predicted molar refractivity (Wildman–Crippen MR) is 127 cm³/mol. The zero-order chi connectivity index (χ0) is 20.6. The molecule has 0 aliphatic carbocycles. The molecule has 0 spiro atoms. The summed E-state index contributed by atoms with van der Waals surface area (Å²) in [4.78, 5) is 2.60. The largest absolute Gasteiger partial charge is 0.347 e. The fraction of sp³-hybridized carbons (Fsp3) is 0.400. The van der Waals surface area contributed by atoms with Crippen molar-refractivity contribution in [3.8, 4) is 11.3 Å². The van der Waals surface area contributed by atoms with Crippen molar-refractivity contribution >= 4 is 17.0 Å². The Morgan fingerprint density at radius 2 is 1.83 bits per heavy atom. The van der Waals surface area contributed by atoms with E-state index in [1.54, 1.807) is 0 Å². The molecule has 156 valence electrons. The zero-order valence-electron chi connectivity index (χ0n) is 17.8. The quantitative estimate of drug-likeness (QED) is 0.297. The number of unbranched alkanes of at least 4 members (excludes halogenated alkanes) is 3. The lowest BCUT2D eigenvalue weighted by atomic mass is 10.0. The Bertz CT molecular complexity index is 994. The first-order chi connectivity index (χ1) is 14.8. The summed E-state index contributed by atoms with van der Waals surface area (Å²) in [6.07, 6.45) is 10.9. The fourth-order valence-electron chi connectivity index (χ4n) is 3.90. The highest BCUT2D eigenvalue weighted by atomic mass is 32.1. The van der Waals surface area contributed by atoms with Gasteiger partial charge >= 0.3 is 0 Å². The molecule has 3 aromatic rings. The summed E-state index contributed by atoms with van der Waals surface area (Å²) >= 11 is 1.82. The molecule has 30 heavy (non-hydrogen) atoms. The fourth-order valence-corrected chi connectivity index (χ4v) is 4.93. The summed E-state index contributed by atoms with van der Waals surface area (Å²) in [7, 11) is 0. The van der Waals surface area contributed by atoms with E-state index < -0.39 is 0 Å². The molecule has 1 aliphatic rings. The molecule has 1 aromatic carbocycles. The maximum absolute atomic E-state index is 4.10. The van der Waals surface area contributed by atoms with Gasteiger partial charge in [-0.25, -0.2) is 0 Å². The molecule has 3 heterocycles. The van der Waals surface area contributed by atoms with Crippen molar-refractivity contribution < 1.29 is 0 Å². The molecule has 0 bridgehead atoms. The highest BCUT2D eigenvalue weighted by molar-refractivity contribution is 7.14. The number of benzene rings is 1. The summed E-state index contributed by atoms with van der Waals surface area (Å²) in [5, 5.41) is 11.8. The molecule has 0 unspecified atom stereocenters. The van der Waals surface area contributed by atoms with Crippen molar-refractivity contribution in [2.24, 2.45) is 15.4 Å². The second-order valence-electron chi connectivity index (χ2n) is 7.90. The number of thiophene rings is 1. The number of nitrogens with zero attached hydrogens (tertiary/aromatic N) is 4. The van der Waals surface area contributed by atoms with E-state index in [1.807, 2.05) is 11.3 Å². The van der Waals surface area contributed by atoms with Gasteiger partial charge in [0, 0.05) is 23.3 Å². The van der Waals surface area contributed by atoms with Gasteiger partial charge in [-0.1, -0.05) is 50.5 Å². The van der Waals surface area contributed by atoms with Crippen molar-refractivity contribution in [3.63, 3.8) is 0 Å². The van der Waals surface area contributed by atoms with Crippen LogP contribution in [0.3, 0.4) is 0 Å². The topological polar surface area (TPSA) is 42.0 Å². The lowest BCUT2D eigenvalue weighted by Crippen LogP contribution is -2.00. The van der Waals surface area contributed by atoms with Crippen LogP contribution in [0.25, 0.3) is 11.3 Å². The van der Waals surface area contributed by atoms with Gasteiger partial charge in [-0.15, -0.1) is 16.4 Å². The molecule has 0 radical (unpaired) electrons. The molecular formula is C25H30N4S. The van der Waals surface area contributed by atoms with Gasteiger partial charge < -0.3 is 4.57 Å². The number of hydrogen-bond donors (Lipinski definition) is 0. The average Bonchev–Trinajstić information content (AvgIpc) is 3.53. The van der Waals surface area contributed by atoms with E-state index in [2.05, 4.69) is 81.7 Å². The van der Waals surface area contributed by atoms with Gasteiger partial charge in [0.2, 0.25) is 0 Å². The molecule has 0 atom stereocenters. The Labute approximate surface area is 183 Å². The summed E-state index contributed by atoms with van der Waals surface area (Å²) in [6, 6.07) is 17.9. The lowest BCUT2D eigenvalue weighted by molar-refractivity contribution is 0.654. The Hall–Kier alpha value is -2.53. The van der Waals surface area contributed by atoms with Crippen LogP contribution in [0.2, 0.25) is 0 Å². The van der Waals surface area contributed by atoms with Gasteiger partial charge in [-0.2, -0.15) is 5.11 Å². The van der Waals surface area contributed by atoms with Crippen molar-refractivity contribution in [1.29, 1.82) is 0 Å². The number of aryl methyl sites for hydroxylation is 3. The van der Waals surface area contributed by atoms with Crippen LogP contribution in [-0.2, 0) is 19.4 Å². The van der Waals surface area contributed by atoms with Gasteiger partial charge in [0.05, 0.1) is 4.88 Å². The van der Waals surface area contributed by atoms with Crippen LogP contribution in [-0.4, -0.2) is 16.8 Å². The van der Waals surface area contributed by atoms with Gasteiger partial charge in [-0.3, -0.25) is 0 Å². The average molecular weight is 419 g/mol. The van der Waals surface area contributed by atoms with E-state index in [-0.39, 0.29) is 0 Å². The summed E-state index contributed by atoms with van der Waals surface area (Å²) in [5.74, 6) is 0. The SMILES string of the molecule is CCCCCCc1ccc(-c2cccn2CCCc2ccc(C3=NN=NC3)s2)cc1. The highest BCUT2D eigenvalue weighted by Gasteiger charge is 2.11. The van der Waals surface area contributed by atoms with Crippen molar-refractivity contribution in [3.05, 3.63) is 70.0 Å². The van der Waals surface area contributed by atoms with Crippen LogP contribution in [0.1, 0.15) is 54.3 Å². The predicted octanol–water partition coefficient (Wildman–Crippen LogP) is 7.14. The number of hydrogen-bond acceptors (Lipinski definition) is 4. The minimum atomic E-state index is 0.615.